The number of aldehydes is 1. The number of carbonyl (C=O) groups is 1. The number of nitrogens with zero attached hydrogens (tertiary/aromatic N) is 3. The summed E-state index contributed by atoms with van der Waals surface area (Å²) in [6, 6.07) is 15.2. The Morgan fingerprint density at radius 1 is 1.00 bits per heavy atom. The lowest BCUT2D eigenvalue weighted by Crippen LogP contribution is -2.08. The maximum Gasteiger partial charge on any atom is 0.150 e. The molecule has 2 aromatic carbocycles. The summed E-state index contributed by atoms with van der Waals surface area (Å²) in [6.07, 6.45) is 4.40. The Bertz CT molecular complexity index is 659. The van der Waals surface area contributed by atoms with Crippen LogP contribution in [0.1, 0.15) is 15.9 Å². The van der Waals surface area contributed by atoms with Gasteiger partial charge in [0.25, 0.3) is 0 Å². The van der Waals surface area contributed by atoms with Crippen molar-refractivity contribution in [2.75, 3.05) is 5.01 Å². The van der Waals surface area contributed by atoms with E-state index in [1.54, 1.807) is 23.3 Å². The summed E-state index contributed by atoms with van der Waals surface area (Å²) in [5, 5.41) is 9.91. The van der Waals surface area contributed by atoms with E-state index >= 15 is 0 Å². The zero-order valence-electron chi connectivity index (χ0n) is 10.1. The zero-order chi connectivity index (χ0) is 13.1. The molecule has 0 amide bonds. The summed E-state index contributed by atoms with van der Waals surface area (Å²) >= 11 is 0. The number of benzene rings is 2. The van der Waals surface area contributed by atoms with Crippen molar-refractivity contribution in [2.45, 2.75) is 0 Å². The lowest BCUT2D eigenvalue weighted by Gasteiger charge is -2.18. The van der Waals surface area contributed by atoms with E-state index in [1.807, 2.05) is 42.5 Å². The molecule has 0 spiro atoms. The van der Waals surface area contributed by atoms with Crippen LogP contribution in [0.2, 0.25) is 0 Å². The monoisotopic (exact) mass is 249 g/mol. The molecule has 19 heavy (non-hydrogen) atoms. The van der Waals surface area contributed by atoms with Gasteiger partial charge < -0.3 is 0 Å². The summed E-state index contributed by atoms with van der Waals surface area (Å²) in [5.74, 6) is 0. The van der Waals surface area contributed by atoms with Crippen molar-refractivity contribution >= 4 is 23.7 Å². The van der Waals surface area contributed by atoms with Crippen molar-refractivity contribution in [2.24, 2.45) is 10.3 Å². The van der Waals surface area contributed by atoms with Gasteiger partial charge >= 0.3 is 0 Å². The molecule has 0 bridgehead atoms. The van der Waals surface area contributed by atoms with Gasteiger partial charge in [0.1, 0.15) is 6.29 Å². The van der Waals surface area contributed by atoms with Crippen molar-refractivity contribution in [1.82, 2.24) is 0 Å². The van der Waals surface area contributed by atoms with Gasteiger partial charge in [0.2, 0.25) is 0 Å². The molecule has 0 unspecified atom stereocenters. The third-order valence-electron chi connectivity index (χ3n) is 2.90. The maximum absolute atomic E-state index is 10.7. The number of anilines is 2. The first-order valence-electron chi connectivity index (χ1n) is 5.90. The molecule has 0 N–H and O–H groups in total. The van der Waals surface area contributed by atoms with Crippen LogP contribution in [0.15, 0.2) is 65.1 Å². The van der Waals surface area contributed by atoms with E-state index in [0.717, 1.165) is 23.2 Å². The molecule has 4 heteroatoms. The first-order valence-corrected chi connectivity index (χ1v) is 5.90. The Morgan fingerprint density at radius 3 is 2.58 bits per heavy atom. The second kappa shape index (κ2) is 4.86. The van der Waals surface area contributed by atoms with E-state index in [1.165, 1.54) is 0 Å². The molecule has 1 heterocycles. The summed E-state index contributed by atoms with van der Waals surface area (Å²) in [7, 11) is 0. The fourth-order valence-corrected chi connectivity index (χ4v) is 1.95. The number of fused-ring (bicyclic) bond motifs is 1. The van der Waals surface area contributed by atoms with E-state index in [-0.39, 0.29) is 0 Å². The van der Waals surface area contributed by atoms with Crippen LogP contribution < -0.4 is 5.01 Å². The Hall–Kier alpha value is -2.75. The molecule has 0 atom stereocenters. The first kappa shape index (κ1) is 11.3. The van der Waals surface area contributed by atoms with Crippen LogP contribution in [-0.2, 0) is 0 Å². The number of para-hydroxylation sites is 1. The van der Waals surface area contributed by atoms with E-state index < -0.39 is 0 Å². The van der Waals surface area contributed by atoms with Crippen LogP contribution in [0, 0.1) is 0 Å². The van der Waals surface area contributed by atoms with Gasteiger partial charge in [-0.15, -0.1) is 5.11 Å². The quantitative estimate of drug-likeness (QED) is 0.755. The van der Waals surface area contributed by atoms with E-state index in [2.05, 4.69) is 10.3 Å². The smallest absolute Gasteiger partial charge is 0.150 e. The van der Waals surface area contributed by atoms with Gasteiger partial charge in [0, 0.05) is 11.1 Å². The fourth-order valence-electron chi connectivity index (χ4n) is 1.95. The lowest BCUT2D eigenvalue weighted by molar-refractivity contribution is 0.112. The van der Waals surface area contributed by atoms with Crippen LogP contribution in [-0.4, -0.2) is 6.29 Å². The third-order valence-corrected chi connectivity index (χ3v) is 2.90. The Balaban J connectivity index is 2.07. The summed E-state index contributed by atoms with van der Waals surface area (Å²) in [5.41, 5.74) is 3.51. The highest BCUT2D eigenvalue weighted by Gasteiger charge is 2.13. The van der Waals surface area contributed by atoms with Gasteiger partial charge in [0.15, 0.2) is 0 Å². The molecule has 92 valence electrons. The van der Waals surface area contributed by atoms with Gasteiger partial charge in [-0.1, -0.05) is 23.4 Å². The summed E-state index contributed by atoms with van der Waals surface area (Å²) < 4.78 is 0. The Kier molecular flexibility index (Phi) is 2.90. The topological polar surface area (TPSA) is 45.0 Å². The Labute approximate surface area is 110 Å². The number of carbonyl (C=O) groups excluding carboxylic acids is 1. The van der Waals surface area contributed by atoms with Gasteiger partial charge in [-0.25, -0.2) is 5.01 Å². The molecule has 1 aliphatic rings. The number of hydrogen-bond acceptors (Lipinski definition) is 4. The highest BCUT2D eigenvalue weighted by atomic mass is 16.1. The second-order valence-corrected chi connectivity index (χ2v) is 4.10. The molecule has 2 aromatic rings. The van der Waals surface area contributed by atoms with Gasteiger partial charge in [-0.3, -0.25) is 4.79 Å². The minimum atomic E-state index is 0.641. The largest absolute Gasteiger partial charge is 0.298 e. The van der Waals surface area contributed by atoms with Crippen LogP contribution in [0.25, 0.3) is 6.08 Å². The van der Waals surface area contributed by atoms with Crippen molar-refractivity contribution < 1.29 is 4.79 Å². The molecule has 4 nitrogen and oxygen atoms in total. The number of rotatable bonds is 2. The van der Waals surface area contributed by atoms with Crippen LogP contribution >= 0.6 is 0 Å². The van der Waals surface area contributed by atoms with Gasteiger partial charge in [0.05, 0.1) is 17.6 Å². The maximum atomic E-state index is 10.7. The molecule has 1 aliphatic heterocycles. The van der Waals surface area contributed by atoms with Crippen LogP contribution in [0.4, 0.5) is 11.4 Å². The van der Waals surface area contributed by atoms with E-state index in [4.69, 9.17) is 0 Å². The Morgan fingerprint density at radius 2 is 1.79 bits per heavy atom. The third kappa shape index (κ3) is 2.15. The molecule has 0 radical (unpaired) electrons. The average Bonchev–Trinajstić information content (AvgIpc) is 2.70. The molecule has 0 saturated carbocycles. The average molecular weight is 249 g/mol. The highest BCUT2D eigenvalue weighted by Crippen LogP contribution is 2.31. The molecule has 0 saturated heterocycles. The SMILES string of the molecule is O=Cc1ccc(N2N=NC=Cc3ccccc32)cc1. The van der Waals surface area contributed by atoms with Crippen molar-refractivity contribution in [3.8, 4) is 0 Å². The van der Waals surface area contributed by atoms with Crippen LogP contribution in [0.5, 0.6) is 0 Å². The predicted molar refractivity (Wildman–Crippen MR) is 74.3 cm³/mol. The van der Waals surface area contributed by atoms with E-state index in [0.29, 0.717) is 5.56 Å². The molecule has 0 aromatic heterocycles. The second-order valence-electron chi connectivity index (χ2n) is 4.10. The van der Waals surface area contributed by atoms with E-state index in [9.17, 15) is 4.79 Å². The van der Waals surface area contributed by atoms with Crippen molar-refractivity contribution in [3.05, 3.63) is 65.9 Å². The van der Waals surface area contributed by atoms with Crippen LogP contribution in [0.3, 0.4) is 0 Å². The molecule has 0 aliphatic carbocycles. The normalized spacial score (nSPS) is 12.9. The highest BCUT2D eigenvalue weighted by molar-refractivity contribution is 5.78. The summed E-state index contributed by atoms with van der Waals surface area (Å²) in [4.78, 5) is 10.7. The zero-order valence-corrected chi connectivity index (χ0v) is 10.1. The van der Waals surface area contributed by atoms with Crippen molar-refractivity contribution in [3.63, 3.8) is 0 Å². The standard InChI is InChI=1S/C15H11N3O/c19-11-12-5-7-14(8-6-12)18-15-4-2-1-3-13(15)9-10-16-17-18/h1-11H. The lowest BCUT2D eigenvalue weighted by atomic mass is 10.1. The summed E-state index contributed by atoms with van der Waals surface area (Å²) in [6.45, 7) is 0. The fraction of sp³-hybridized carbons (Fsp3) is 0. The van der Waals surface area contributed by atoms with Crippen molar-refractivity contribution in [1.29, 1.82) is 0 Å². The molecular weight excluding hydrogens is 238 g/mol. The number of hydrogen-bond donors (Lipinski definition) is 0. The molecule has 0 fully saturated rings. The van der Waals surface area contributed by atoms with Gasteiger partial charge in [-0.05, 0) is 36.4 Å². The van der Waals surface area contributed by atoms with Gasteiger partial charge in [-0.2, -0.15) is 0 Å². The molecule has 3 rings (SSSR count). The molecular formula is C15H11N3O. The minimum absolute atomic E-state index is 0.641. The predicted octanol–water partition coefficient (Wildman–Crippen LogP) is 3.99. The first-order chi connectivity index (χ1) is 9.38. The minimum Gasteiger partial charge on any atom is -0.298 e.